The van der Waals surface area contributed by atoms with Gasteiger partial charge in [0.15, 0.2) is 0 Å². The van der Waals surface area contributed by atoms with E-state index in [1.54, 1.807) is 6.92 Å². The van der Waals surface area contributed by atoms with Gasteiger partial charge in [0.1, 0.15) is 0 Å². The molecule has 0 heterocycles. The van der Waals surface area contributed by atoms with Crippen molar-refractivity contribution in [2.75, 3.05) is 11.9 Å². The zero-order chi connectivity index (χ0) is 18.0. The number of hydrogen-bond donors (Lipinski definition) is 1. The van der Waals surface area contributed by atoms with Crippen LogP contribution in [0.4, 0.5) is 5.69 Å². The molecule has 1 aromatic carbocycles. The van der Waals surface area contributed by atoms with Crippen molar-refractivity contribution in [3.63, 3.8) is 0 Å². The standard InChI is InChI=1S/C21H31NO2/c1-13-10-11-14(2)18(12-13)20-15(3)8-7-9-19(20)22(6)17(5)16(4)21(23)24/h7-9,12-14,16-17H,10-11H2,1-6H3,(H,23,24). The maximum absolute atomic E-state index is 11.4. The molecule has 0 aromatic heterocycles. The Balaban J connectivity index is 2.49. The van der Waals surface area contributed by atoms with Gasteiger partial charge in [0.25, 0.3) is 0 Å². The Morgan fingerprint density at radius 1 is 1.25 bits per heavy atom. The SMILES string of the molecule is Cc1cccc(N(C)C(C)C(C)C(=O)O)c1C1=CC(C)CCC1C. The molecule has 0 radical (unpaired) electrons. The van der Waals surface area contributed by atoms with E-state index < -0.39 is 11.9 Å². The van der Waals surface area contributed by atoms with Gasteiger partial charge in [-0.25, -0.2) is 0 Å². The highest BCUT2D eigenvalue weighted by molar-refractivity contribution is 5.81. The minimum Gasteiger partial charge on any atom is -0.481 e. The summed E-state index contributed by atoms with van der Waals surface area (Å²) in [7, 11) is 2.01. The van der Waals surface area contributed by atoms with Gasteiger partial charge in [-0.15, -0.1) is 0 Å². The van der Waals surface area contributed by atoms with Crippen molar-refractivity contribution < 1.29 is 9.90 Å². The summed E-state index contributed by atoms with van der Waals surface area (Å²) in [5, 5.41) is 9.36. The van der Waals surface area contributed by atoms with Crippen molar-refractivity contribution in [1.29, 1.82) is 0 Å². The molecule has 1 aliphatic carbocycles. The normalized spacial score (nSPS) is 23.3. The minimum atomic E-state index is -0.748. The Morgan fingerprint density at radius 3 is 2.54 bits per heavy atom. The third kappa shape index (κ3) is 3.66. The fourth-order valence-electron chi connectivity index (χ4n) is 3.64. The first-order valence-corrected chi connectivity index (χ1v) is 9.01. The van der Waals surface area contributed by atoms with Gasteiger partial charge in [-0.3, -0.25) is 4.79 Å². The van der Waals surface area contributed by atoms with Crippen LogP contribution in [0.1, 0.15) is 51.7 Å². The summed E-state index contributed by atoms with van der Waals surface area (Å²) in [6.07, 6.45) is 4.87. The van der Waals surface area contributed by atoms with Crippen LogP contribution < -0.4 is 4.90 Å². The van der Waals surface area contributed by atoms with E-state index in [0.717, 1.165) is 5.69 Å². The zero-order valence-electron chi connectivity index (χ0n) is 15.8. The van der Waals surface area contributed by atoms with Gasteiger partial charge in [0, 0.05) is 24.3 Å². The number of carbonyl (C=O) groups is 1. The second-order valence-electron chi connectivity index (χ2n) is 7.53. The van der Waals surface area contributed by atoms with Crippen molar-refractivity contribution in [3.8, 4) is 0 Å². The average Bonchev–Trinajstić information content (AvgIpc) is 2.55. The molecule has 24 heavy (non-hydrogen) atoms. The average molecular weight is 329 g/mol. The van der Waals surface area contributed by atoms with Crippen LogP contribution >= 0.6 is 0 Å². The molecule has 0 spiro atoms. The zero-order valence-corrected chi connectivity index (χ0v) is 15.8. The van der Waals surface area contributed by atoms with Crippen LogP contribution in [0.15, 0.2) is 24.3 Å². The number of hydrogen-bond acceptors (Lipinski definition) is 2. The van der Waals surface area contributed by atoms with Crippen LogP contribution in [-0.4, -0.2) is 24.2 Å². The maximum atomic E-state index is 11.4. The quantitative estimate of drug-likeness (QED) is 0.827. The third-order valence-corrected chi connectivity index (χ3v) is 5.69. The Labute approximate surface area is 146 Å². The van der Waals surface area contributed by atoms with E-state index in [1.165, 1.54) is 29.5 Å². The van der Waals surface area contributed by atoms with Gasteiger partial charge < -0.3 is 10.0 Å². The van der Waals surface area contributed by atoms with Gasteiger partial charge in [0.2, 0.25) is 0 Å². The predicted molar refractivity (Wildman–Crippen MR) is 101 cm³/mol. The van der Waals surface area contributed by atoms with Crippen LogP contribution in [-0.2, 0) is 4.79 Å². The summed E-state index contributed by atoms with van der Waals surface area (Å²) in [6, 6.07) is 6.28. The van der Waals surface area contributed by atoms with Crippen molar-refractivity contribution in [2.45, 2.75) is 53.5 Å². The van der Waals surface area contributed by atoms with Gasteiger partial charge in [-0.1, -0.05) is 32.1 Å². The highest BCUT2D eigenvalue weighted by Crippen LogP contribution is 2.40. The van der Waals surface area contributed by atoms with Gasteiger partial charge in [-0.05, 0) is 62.7 Å². The number of rotatable bonds is 5. The number of nitrogens with zero attached hydrogens (tertiary/aromatic N) is 1. The second-order valence-corrected chi connectivity index (χ2v) is 7.53. The van der Waals surface area contributed by atoms with E-state index >= 15 is 0 Å². The lowest BCUT2D eigenvalue weighted by Gasteiger charge is -2.34. The molecular weight excluding hydrogens is 298 g/mol. The molecule has 0 aliphatic heterocycles. The molecule has 1 N–H and O–H groups in total. The molecule has 2 rings (SSSR count). The number of anilines is 1. The predicted octanol–water partition coefficient (Wildman–Crippen LogP) is 4.99. The first kappa shape index (κ1) is 18.6. The number of aryl methyl sites for hydroxylation is 1. The van der Waals surface area contributed by atoms with Gasteiger partial charge >= 0.3 is 5.97 Å². The van der Waals surface area contributed by atoms with E-state index in [-0.39, 0.29) is 6.04 Å². The molecule has 1 aromatic rings. The molecule has 132 valence electrons. The van der Waals surface area contributed by atoms with E-state index in [4.69, 9.17) is 0 Å². The molecule has 4 unspecified atom stereocenters. The monoisotopic (exact) mass is 329 g/mol. The van der Waals surface area contributed by atoms with Crippen molar-refractivity contribution in [1.82, 2.24) is 0 Å². The lowest BCUT2D eigenvalue weighted by atomic mass is 9.79. The highest BCUT2D eigenvalue weighted by atomic mass is 16.4. The Hall–Kier alpha value is -1.77. The second kappa shape index (κ2) is 7.42. The number of aliphatic carboxylic acids is 1. The van der Waals surface area contributed by atoms with E-state index in [1.807, 2.05) is 14.0 Å². The van der Waals surface area contributed by atoms with E-state index in [0.29, 0.717) is 11.8 Å². The molecule has 0 amide bonds. The topological polar surface area (TPSA) is 40.5 Å². The van der Waals surface area contributed by atoms with Crippen molar-refractivity contribution in [3.05, 3.63) is 35.4 Å². The van der Waals surface area contributed by atoms with Crippen LogP contribution in [0.5, 0.6) is 0 Å². The first-order chi connectivity index (χ1) is 11.2. The number of allylic oxidation sites excluding steroid dienone is 2. The van der Waals surface area contributed by atoms with Crippen LogP contribution in [0.3, 0.4) is 0 Å². The largest absolute Gasteiger partial charge is 0.481 e. The molecular formula is C21H31NO2. The molecule has 0 saturated carbocycles. The fourth-order valence-corrected chi connectivity index (χ4v) is 3.64. The summed E-state index contributed by atoms with van der Waals surface area (Å²) in [6.45, 7) is 10.5. The summed E-state index contributed by atoms with van der Waals surface area (Å²) in [5.74, 6) is -0.0200. The minimum absolute atomic E-state index is 0.0695. The first-order valence-electron chi connectivity index (χ1n) is 9.01. The Morgan fingerprint density at radius 2 is 1.92 bits per heavy atom. The van der Waals surface area contributed by atoms with Gasteiger partial charge in [0.05, 0.1) is 5.92 Å². The fraction of sp³-hybridized carbons (Fsp3) is 0.571. The van der Waals surface area contributed by atoms with Gasteiger partial charge in [-0.2, -0.15) is 0 Å². The summed E-state index contributed by atoms with van der Waals surface area (Å²) >= 11 is 0. The maximum Gasteiger partial charge on any atom is 0.308 e. The molecule has 0 fully saturated rings. The third-order valence-electron chi connectivity index (χ3n) is 5.69. The molecule has 0 saturated heterocycles. The van der Waals surface area contributed by atoms with E-state index in [2.05, 4.69) is 49.9 Å². The molecule has 3 heteroatoms. The Bertz CT molecular complexity index is 635. The Kier molecular flexibility index (Phi) is 5.74. The smallest absolute Gasteiger partial charge is 0.308 e. The summed E-state index contributed by atoms with van der Waals surface area (Å²) in [4.78, 5) is 13.5. The van der Waals surface area contributed by atoms with E-state index in [9.17, 15) is 9.90 Å². The van der Waals surface area contributed by atoms with Crippen LogP contribution in [0, 0.1) is 24.7 Å². The highest BCUT2D eigenvalue weighted by Gasteiger charge is 2.27. The summed E-state index contributed by atoms with van der Waals surface area (Å²) < 4.78 is 0. The molecule has 3 nitrogen and oxygen atoms in total. The molecule has 0 bridgehead atoms. The lowest BCUT2D eigenvalue weighted by Crippen LogP contribution is -2.38. The van der Waals surface area contributed by atoms with Crippen molar-refractivity contribution in [2.24, 2.45) is 17.8 Å². The number of carboxylic acids is 1. The van der Waals surface area contributed by atoms with Crippen LogP contribution in [0.2, 0.25) is 0 Å². The lowest BCUT2D eigenvalue weighted by molar-refractivity contribution is -0.141. The van der Waals surface area contributed by atoms with Crippen molar-refractivity contribution >= 4 is 17.2 Å². The summed E-state index contributed by atoms with van der Waals surface area (Å²) in [5.41, 5.74) is 5.12. The molecule has 1 aliphatic rings. The van der Waals surface area contributed by atoms with Crippen LogP contribution in [0.25, 0.3) is 5.57 Å². The number of benzene rings is 1. The number of carboxylic acid groups (broad SMARTS) is 1. The molecule has 4 atom stereocenters.